The normalized spacial score (nSPS) is 10.6. The Morgan fingerprint density at radius 1 is 1.17 bits per heavy atom. The molecule has 0 spiro atoms. The molecule has 1 N–H and O–H groups in total. The Labute approximate surface area is 108 Å². The molecule has 18 heavy (non-hydrogen) atoms. The fraction of sp³-hybridized carbons (Fsp3) is 0.500. The molecule has 1 rings (SSSR count). The van der Waals surface area contributed by atoms with Crippen molar-refractivity contribution in [3.05, 3.63) is 29.8 Å². The first kappa shape index (κ1) is 14.5. The lowest BCUT2D eigenvalue weighted by Gasteiger charge is -2.21. The molecule has 0 atom stereocenters. The van der Waals surface area contributed by atoms with Crippen LogP contribution in [0, 0.1) is 0 Å². The molecule has 1 aromatic carbocycles. The summed E-state index contributed by atoms with van der Waals surface area (Å²) < 4.78 is 5.64. The Bertz CT molecular complexity index is 356. The highest BCUT2D eigenvalue weighted by atomic mass is 16.5. The number of benzene rings is 1. The van der Waals surface area contributed by atoms with E-state index in [0.29, 0.717) is 12.5 Å². The zero-order chi connectivity index (χ0) is 13.4. The summed E-state index contributed by atoms with van der Waals surface area (Å²) in [4.78, 5) is 12.9. The van der Waals surface area contributed by atoms with Crippen LogP contribution >= 0.6 is 0 Å². The van der Waals surface area contributed by atoms with E-state index in [1.807, 2.05) is 0 Å². The van der Waals surface area contributed by atoms with Gasteiger partial charge in [0.15, 0.2) is 0 Å². The Kier molecular flexibility index (Phi) is 6.22. The van der Waals surface area contributed by atoms with E-state index in [-0.39, 0.29) is 5.56 Å². The summed E-state index contributed by atoms with van der Waals surface area (Å²) in [6.45, 7) is 6.87. The van der Waals surface area contributed by atoms with E-state index in [4.69, 9.17) is 9.84 Å². The molecule has 1 aromatic rings. The highest BCUT2D eigenvalue weighted by Gasteiger charge is 2.05. The molecule has 0 aliphatic rings. The lowest BCUT2D eigenvalue weighted by Crippen LogP contribution is -2.29. The minimum absolute atomic E-state index is 0.279. The van der Waals surface area contributed by atoms with Gasteiger partial charge < -0.3 is 9.84 Å². The SMILES string of the molecule is CCCN(CCC)COc1ccc(C(=O)O)cc1. The largest absolute Gasteiger partial charge is 0.478 e. The van der Waals surface area contributed by atoms with Gasteiger partial charge in [0.05, 0.1) is 5.56 Å². The number of carbonyl (C=O) groups is 1. The van der Waals surface area contributed by atoms with Crippen LogP contribution in [0.1, 0.15) is 37.0 Å². The lowest BCUT2D eigenvalue weighted by atomic mass is 10.2. The summed E-state index contributed by atoms with van der Waals surface area (Å²) in [5.41, 5.74) is 0.279. The average Bonchev–Trinajstić information content (AvgIpc) is 2.37. The maximum Gasteiger partial charge on any atom is 0.335 e. The third kappa shape index (κ3) is 4.75. The molecule has 0 radical (unpaired) electrons. The number of hydrogen-bond donors (Lipinski definition) is 1. The lowest BCUT2D eigenvalue weighted by molar-refractivity contribution is 0.0696. The monoisotopic (exact) mass is 251 g/mol. The number of carboxylic acids is 1. The van der Waals surface area contributed by atoms with E-state index in [0.717, 1.165) is 25.9 Å². The third-order valence-corrected chi connectivity index (χ3v) is 2.59. The summed E-state index contributed by atoms with van der Waals surface area (Å²) >= 11 is 0. The Hall–Kier alpha value is -1.55. The van der Waals surface area contributed by atoms with E-state index in [1.54, 1.807) is 24.3 Å². The van der Waals surface area contributed by atoms with Gasteiger partial charge >= 0.3 is 5.97 Å². The first-order valence-electron chi connectivity index (χ1n) is 6.35. The Balaban J connectivity index is 2.48. The predicted octanol–water partition coefficient (Wildman–Crippen LogP) is 2.84. The first-order valence-corrected chi connectivity index (χ1v) is 6.35. The number of hydrogen-bond acceptors (Lipinski definition) is 3. The predicted molar refractivity (Wildman–Crippen MR) is 71.1 cm³/mol. The quantitative estimate of drug-likeness (QED) is 0.722. The van der Waals surface area contributed by atoms with E-state index in [1.165, 1.54) is 0 Å². The van der Waals surface area contributed by atoms with Gasteiger partial charge in [0.1, 0.15) is 12.5 Å². The summed E-state index contributed by atoms with van der Waals surface area (Å²) in [6.07, 6.45) is 2.20. The maximum atomic E-state index is 10.7. The van der Waals surface area contributed by atoms with Crippen LogP contribution in [0.5, 0.6) is 5.75 Å². The van der Waals surface area contributed by atoms with Crippen LogP contribution in [-0.4, -0.2) is 35.8 Å². The molecule has 0 aromatic heterocycles. The minimum Gasteiger partial charge on any atom is -0.478 e. The standard InChI is InChI=1S/C14H21NO3/c1-3-9-15(10-4-2)11-18-13-7-5-12(6-8-13)14(16)17/h5-8H,3-4,9-11H2,1-2H3,(H,16,17). The van der Waals surface area contributed by atoms with Crippen molar-refractivity contribution in [3.63, 3.8) is 0 Å². The van der Waals surface area contributed by atoms with Crippen molar-refractivity contribution >= 4 is 5.97 Å². The van der Waals surface area contributed by atoms with Crippen molar-refractivity contribution in [1.82, 2.24) is 4.90 Å². The molecular formula is C14H21NO3. The van der Waals surface area contributed by atoms with Gasteiger partial charge in [0.25, 0.3) is 0 Å². The molecule has 4 heteroatoms. The molecule has 0 heterocycles. The van der Waals surface area contributed by atoms with Gasteiger partial charge in [-0.1, -0.05) is 13.8 Å². The average molecular weight is 251 g/mol. The van der Waals surface area contributed by atoms with Crippen LogP contribution in [0.25, 0.3) is 0 Å². The van der Waals surface area contributed by atoms with Gasteiger partial charge in [-0.05, 0) is 37.1 Å². The molecule has 0 fully saturated rings. The molecule has 0 unspecified atom stereocenters. The van der Waals surface area contributed by atoms with Gasteiger partial charge in [-0.2, -0.15) is 0 Å². The van der Waals surface area contributed by atoms with Gasteiger partial charge in [-0.15, -0.1) is 0 Å². The Morgan fingerprint density at radius 2 is 1.72 bits per heavy atom. The third-order valence-electron chi connectivity index (χ3n) is 2.59. The van der Waals surface area contributed by atoms with Crippen LogP contribution in [-0.2, 0) is 0 Å². The number of rotatable bonds is 8. The Morgan fingerprint density at radius 3 is 2.17 bits per heavy atom. The van der Waals surface area contributed by atoms with Gasteiger partial charge in [0, 0.05) is 13.1 Å². The van der Waals surface area contributed by atoms with E-state index in [9.17, 15) is 4.79 Å². The second-order valence-electron chi connectivity index (χ2n) is 4.22. The van der Waals surface area contributed by atoms with Crippen LogP contribution in [0.4, 0.5) is 0 Å². The molecule has 4 nitrogen and oxygen atoms in total. The summed E-state index contributed by atoms with van der Waals surface area (Å²) in [6, 6.07) is 6.50. The maximum absolute atomic E-state index is 10.7. The highest BCUT2D eigenvalue weighted by Crippen LogP contribution is 2.12. The summed E-state index contributed by atoms with van der Waals surface area (Å²) in [7, 11) is 0. The topological polar surface area (TPSA) is 49.8 Å². The first-order chi connectivity index (χ1) is 8.67. The smallest absolute Gasteiger partial charge is 0.335 e. The van der Waals surface area contributed by atoms with Crippen molar-refractivity contribution in [2.45, 2.75) is 26.7 Å². The van der Waals surface area contributed by atoms with Crippen LogP contribution in [0.15, 0.2) is 24.3 Å². The van der Waals surface area contributed by atoms with Crippen LogP contribution in [0.2, 0.25) is 0 Å². The number of nitrogens with zero attached hydrogens (tertiary/aromatic N) is 1. The van der Waals surface area contributed by atoms with E-state index >= 15 is 0 Å². The van der Waals surface area contributed by atoms with Crippen molar-refractivity contribution in [2.24, 2.45) is 0 Å². The van der Waals surface area contributed by atoms with Gasteiger partial charge in [-0.3, -0.25) is 4.90 Å². The molecule has 0 saturated heterocycles. The molecule has 0 bridgehead atoms. The summed E-state index contributed by atoms with van der Waals surface area (Å²) in [5.74, 6) is -0.211. The van der Waals surface area contributed by atoms with E-state index < -0.39 is 5.97 Å². The number of carboxylic acid groups (broad SMARTS) is 1. The second kappa shape index (κ2) is 7.71. The van der Waals surface area contributed by atoms with Crippen LogP contribution < -0.4 is 4.74 Å². The molecule has 100 valence electrons. The molecular weight excluding hydrogens is 230 g/mol. The number of aromatic carboxylic acids is 1. The van der Waals surface area contributed by atoms with Gasteiger partial charge in [-0.25, -0.2) is 4.79 Å². The van der Waals surface area contributed by atoms with Gasteiger partial charge in [0.2, 0.25) is 0 Å². The minimum atomic E-state index is -0.917. The molecule has 0 aliphatic carbocycles. The molecule has 0 amide bonds. The fourth-order valence-corrected chi connectivity index (χ4v) is 1.73. The second-order valence-corrected chi connectivity index (χ2v) is 4.22. The zero-order valence-corrected chi connectivity index (χ0v) is 11.1. The zero-order valence-electron chi connectivity index (χ0n) is 11.1. The van der Waals surface area contributed by atoms with Crippen molar-refractivity contribution in [3.8, 4) is 5.75 Å². The van der Waals surface area contributed by atoms with Crippen LogP contribution in [0.3, 0.4) is 0 Å². The van der Waals surface area contributed by atoms with Crippen molar-refractivity contribution in [1.29, 1.82) is 0 Å². The molecule has 0 saturated carbocycles. The van der Waals surface area contributed by atoms with Crippen molar-refractivity contribution in [2.75, 3.05) is 19.8 Å². The fourth-order valence-electron chi connectivity index (χ4n) is 1.73. The number of ether oxygens (including phenoxy) is 1. The van der Waals surface area contributed by atoms with Crippen molar-refractivity contribution < 1.29 is 14.6 Å². The molecule has 0 aliphatic heterocycles. The summed E-state index contributed by atoms with van der Waals surface area (Å²) in [5, 5.41) is 8.78. The highest BCUT2D eigenvalue weighted by molar-refractivity contribution is 5.87. The van der Waals surface area contributed by atoms with E-state index in [2.05, 4.69) is 18.7 Å².